The summed E-state index contributed by atoms with van der Waals surface area (Å²) >= 11 is 0. The summed E-state index contributed by atoms with van der Waals surface area (Å²) in [5.41, 5.74) is 3.54. The van der Waals surface area contributed by atoms with E-state index in [1.165, 1.54) is 0 Å². The number of benzene rings is 1. The molecule has 2 aromatic heterocycles. The summed E-state index contributed by atoms with van der Waals surface area (Å²) in [5, 5.41) is 17.7. The van der Waals surface area contributed by atoms with Gasteiger partial charge in [0.15, 0.2) is 5.82 Å². The molecule has 0 fully saturated rings. The summed E-state index contributed by atoms with van der Waals surface area (Å²) in [4.78, 5) is 4.47. The first-order valence-electron chi connectivity index (χ1n) is 6.29. The van der Waals surface area contributed by atoms with E-state index in [-0.39, 0.29) is 5.75 Å². The molecular weight excluding hydrogens is 252 g/mol. The lowest BCUT2D eigenvalue weighted by Gasteiger charge is -1.97. The Hall–Kier alpha value is -2.69. The smallest absolute Gasteiger partial charge is 0.182 e. The molecule has 0 aliphatic heterocycles. The molecule has 0 radical (unpaired) electrons. The van der Waals surface area contributed by atoms with Crippen LogP contribution in [0.25, 0.3) is 5.65 Å². The molecule has 3 rings (SSSR count). The second-order valence-electron chi connectivity index (χ2n) is 4.67. The standard InChI is InChI=1S/C15H14N4O/c1-10-7-8-19-14(9-10)16-11(2)15(19)18-17-12-3-5-13(20)6-4-12/h3-9,20H,1-2H3. The van der Waals surface area contributed by atoms with Gasteiger partial charge in [0.1, 0.15) is 11.4 Å². The normalized spacial score (nSPS) is 11.5. The van der Waals surface area contributed by atoms with Crippen LogP contribution in [0.2, 0.25) is 0 Å². The van der Waals surface area contributed by atoms with Crippen molar-refractivity contribution in [1.29, 1.82) is 0 Å². The molecule has 1 aromatic carbocycles. The van der Waals surface area contributed by atoms with Gasteiger partial charge in [-0.05, 0) is 55.8 Å². The molecule has 0 atom stereocenters. The molecule has 2 heterocycles. The van der Waals surface area contributed by atoms with Crippen LogP contribution in [0.5, 0.6) is 5.75 Å². The Bertz CT molecular complexity index is 787. The lowest BCUT2D eigenvalue weighted by molar-refractivity contribution is 0.475. The summed E-state index contributed by atoms with van der Waals surface area (Å²) < 4.78 is 1.91. The largest absolute Gasteiger partial charge is 0.508 e. The number of aryl methyl sites for hydroxylation is 2. The number of aromatic nitrogens is 2. The fraction of sp³-hybridized carbons (Fsp3) is 0.133. The first kappa shape index (κ1) is 12.3. The van der Waals surface area contributed by atoms with Crippen LogP contribution in [0.15, 0.2) is 52.8 Å². The molecule has 100 valence electrons. The van der Waals surface area contributed by atoms with E-state index in [0.29, 0.717) is 11.5 Å². The average Bonchev–Trinajstić information content (AvgIpc) is 2.73. The number of phenolic OH excluding ortho intramolecular Hbond substituents is 1. The predicted molar refractivity (Wildman–Crippen MR) is 76.9 cm³/mol. The van der Waals surface area contributed by atoms with Gasteiger partial charge in [-0.1, -0.05) is 0 Å². The van der Waals surface area contributed by atoms with Gasteiger partial charge in [-0.3, -0.25) is 4.40 Å². The van der Waals surface area contributed by atoms with Gasteiger partial charge in [0.2, 0.25) is 0 Å². The number of phenols is 1. The molecule has 1 N–H and O–H groups in total. The third-order valence-electron chi connectivity index (χ3n) is 3.03. The summed E-state index contributed by atoms with van der Waals surface area (Å²) in [6, 6.07) is 10.6. The SMILES string of the molecule is Cc1ccn2c(N=Nc3ccc(O)cc3)c(C)nc2c1. The fourth-order valence-corrected chi connectivity index (χ4v) is 2.00. The monoisotopic (exact) mass is 266 g/mol. The fourth-order valence-electron chi connectivity index (χ4n) is 2.00. The molecular formula is C15H14N4O. The van der Waals surface area contributed by atoms with Crippen molar-refractivity contribution in [2.45, 2.75) is 13.8 Å². The number of aromatic hydroxyl groups is 1. The zero-order valence-corrected chi connectivity index (χ0v) is 11.3. The molecule has 0 amide bonds. The van der Waals surface area contributed by atoms with Crippen molar-refractivity contribution in [3.8, 4) is 5.75 Å². The Morgan fingerprint density at radius 2 is 1.80 bits per heavy atom. The summed E-state index contributed by atoms with van der Waals surface area (Å²) in [6.07, 6.45) is 1.94. The molecule has 0 saturated carbocycles. The number of nitrogens with zero attached hydrogens (tertiary/aromatic N) is 4. The van der Waals surface area contributed by atoms with E-state index in [2.05, 4.69) is 15.2 Å². The Morgan fingerprint density at radius 3 is 2.55 bits per heavy atom. The minimum Gasteiger partial charge on any atom is -0.508 e. The van der Waals surface area contributed by atoms with Crippen molar-refractivity contribution < 1.29 is 5.11 Å². The third-order valence-corrected chi connectivity index (χ3v) is 3.03. The van der Waals surface area contributed by atoms with E-state index < -0.39 is 0 Å². The maximum Gasteiger partial charge on any atom is 0.182 e. The van der Waals surface area contributed by atoms with Gasteiger partial charge in [-0.15, -0.1) is 10.2 Å². The van der Waals surface area contributed by atoms with Crippen LogP contribution < -0.4 is 0 Å². The van der Waals surface area contributed by atoms with Crippen molar-refractivity contribution in [3.63, 3.8) is 0 Å². The van der Waals surface area contributed by atoms with E-state index in [9.17, 15) is 5.11 Å². The zero-order chi connectivity index (χ0) is 14.1. The molecule has 0 spiro atoms. The highest BCUT2D eigenvalue weighted by Gasteiger charge is 2.07. The molecule has 0 aliphatic carbocycles. The molecule has 0 bridgehead atoms. The molecule has 3 aromatic rings. The Labute approximate surface area is 116 Å². The maximum atomic E-state index is 9.23. The lowest BCUT2D eigenvalue weighted by atomic mass is 10.3. The highest BCUT2D eigenvalue weighted by molar-refractivity contribution is 5.53. The van der Waals surface area contributed by atoms with E-state index in [0.717, 1.165) is 16.9 Å². The van der Waals surface area contributed by atoms with Crippen LogP contribution >= 0.6 is 0 Å². The van der Waals surface area contributed by atoms with Gasteiger partial charge in [-0.25, -0.2) is 4.98 Å². The average molecular weight is 266 g/mol. The van der Waals surface area contributed by atoms with Crippen LogP contribution in [-0.2, 0) is 0 Å². The van der Waals surface area contributed by atoms with Crippen molar-refractivity contribution in [2.75, 3.05) is 0 Å². The molecule has 0 aliphatic rings. The van der Waals surface area contributed by atoms with E-state index in [4.69, 9.17) is 0 Å². The predicted octanol–water partition coefficient (Wildman–Crippen LogP) is 4.07. The zero-order valence-electron chi connectivity index (χ0n) is 11.3. The molecule has 5 heteroatoms. The quantitative estimate of drug-likeness (QED) is 0.710. The van der Waals surface area contributed by atoms with Gasteiger partial charge >= 0.3 is 0 Å². The van der Waals surface area contributed by atoms with Gasteiger partial charge in [0, 0.05) is 6.20 Å². The van der Waals surface area contributed by atoms with Crippen molar-refractivity contribution >= 4 is 17.2 Å². The number of rotatable bonds is 2. The van der Waals surface area contributed by atoms with Crippen molar-refractivity contribution in [2.24, 2.45) is 10.2 Å². The second-order valence-corrected chi connectivity index (χ2v) is 4.67. The number of pyridine rings is 1. The Balaban J connectivity index is 2.02. The van der Waals surface area contributed by atoms with E-state index >= 15 is 0 Å². The van der Waals surface area contributed by atoms with E-state index in [1.807, 2.05) is 36.6 Å². The van der Waals surface area contributed by atoms with Crippen molar-refractivity contribution in [3.05, 3.63) is 53.9 Å². The number of fused-ring (bicyclic) bond motifs is 1. The highest BCUT2D eigenvalue weighted by Crippen LogP contribution is 2.24. The van der Waals surface area contributed by atoms with Crippen LogP contribution in [0.3, 0.4) is 0 Å². The Morgan fingerprint density at radius 1 is 1.05 bits per heavy atom. The van der Waals surface area contributed by atoms with Gasteiger partial charge in [0.25, 0.3) is 0 Å². The summed E-state index contributed by atoms with van der Waals surface area (Å²) in [6.45, 7) is 3.94. The van der Waals surface area contributed by atoms with Crippen LogP contribution in [-0.4, -0.2) is 14.5 Å². The maximum absolute atomic E-state index is 9.23. The van der Waals surface area contributed by atoms with Crippen LogP contribution in [0.4, 0.5) is 11.5 Å². The molecule has 0 saturated heterocycles. The summed E-state index contributed by atoms with van der Waals surface area (Å²) in [5.74, 6) is 0.929. The Kier molecular flexibility index (Phi) is 2.95. The number of hydrogen-bond acceptors (Lipinski definition) is 4. The third kappa shape index (κ3) is 2.25. The second kappa shape index (κ2) is 4.77. The molecule has 5 nitrogen and oxygen atoms in total. The van der Waals surface area contributed by atoms with Gasteiger partial charge < -0.3 is 5.11 Å². The highest BCUT2D eigenvalue weighted by atomic mass is 16.3. The summed E-state index contributed by atoms with van der Waals surface area (Å²) in [7, 11) is 0. The van der Waals surface area contributed by atoms with Crippen molar-refractivity contribution in [1.82, 2.24) is 9.38 Å². The number of azo groups is 1. The number of imidazole rings is 1. The van der Waals surface area contributed by atoms with E-state index in [1.54, 1.807) is 24.3 Å². The minimum absolute atomic E-state index is 0.213. The van der Waals surface area contributed by atoms with Gasteiger partial charge in [0.05, 0.1) is 11.4 Å². The molecule has 0 unspecified atom stereocenters. The van der Waals surface area contributed by atoms with Crippen LogP contribution in [0.1, 0.15) is 11.3 Å². The van der Waals surface area contributed by atoms with Gasteiger partial charge in [-0.2, -0.15) is 0 Å². The molecule has 20 heavy (non-hydrogen) atoms. The first-order chi connectivity index (χ1) is 9.63. The number of hydrogen-bond donors (Lipinski definition) is 1. The lowest BCUT2D eigenvalue weighted by Crippen LogP contribution is -1.83. The van der Waals surface area contributed by atoms with Crippen LogP contribution in [0, 0.1) is 13.8 Å². The topological polar surface area (TPSA) is 62.2 Å². The minimum atomic E-state index is 0.213. The first-order valence-corrected chi connectivity index (χ1v) is 6.29.